The van der Waals surface area contributed by atoms with Crippen LogP contribution in [0.4, 0.5) is 16.2 Å². The Morgan fingerprint density at radius 3 is 2.77 bits per heavy atom. The van der Waals surface area contributed by atoms with Gasteiger partial charge >= 0.3 is 6.09 Å². The van der Waals surface area contributed by atoms with Gasteiger partial charge in [0.1, 0.15) is 5.60 Å². The van der Waals surface area contributed by atoms with E-state index in [4.69, 9.17) is 4.74 Å². The molecular weight excluding hydrogens is 282 g/mol. The summed E-state index contributed by atoms with van der Waals surface area (Å²) < 4.78 is 5.16. The second kappa shape index (κ2) is 6.68. The van der Waals surface area contributed by atoms with Gasteiger partial charge in [0.05, 0.1) is 0 Å². The zero-order chi connectivity index (χ0) is 16.2. The molecule has 3 N–H and O–H groups in total. The maximum atomic E-state index is 11.5. The first-order valence-corrected chi connectivity index (χ1v) is 7.47. The van der Waals surface area contributed by atoms with Crippen molar-refractivity contribution in [2.24, 2.45) is 0 Å². The molecule has 0 fully saturated rings. The van der Waals surface area contributed by atoms with Crippen molar-refractivity contribution in [1.82, 2.24) is 5.32 Å². The first-order chi connectivity index (χ1) is 10.3. The van der Waals surface area contributed by atoms with E-state index >= 15 is 0 Å². The molecule has 0 spiro atoms. The van der Waals surface area contributed by atoms with Gasteiger partial charge in [-0.15, -0.1) is 0 Å². The third-order valence-corrected chi connectivity index (χ3v) is 3.12. The molecular formula is C16H23N3O3. The van der Waals surface area contributed by atoms with Gasteiger partial charge in [0.25, 0.3) is 0 Å². The topological polar surface area (TPSA) is 79.5 Å². The Kier molecular flexibility index (Phi) is 4.90. The van der Waals surface area contributed by atoms with E-state index in [0.29, 0.717) is 19.5 Å². The van der Waals surface area contributed by atoms with E-state index < -0.39 is 11.7 Å². The lowest BCUT2D eigenvalue weighted by Crippen LogP contribution is -2.35. The molecule has 1 heterocycles. The Bertz CT molecular complexity index is 564. The lowest BCUT2D eigenvalue weighted by atomic mass is 10.0. The van der Waals surface area contributed by atoms with Gasteiger partial charge in [-0.25, -0.2) is 4.79 Å². The number of aryl methyl sites for hydroxylation is 1. The van der Waals surface area contributed by atoms with E-state index in [-0.39, 0.29) is 5.91 Å². The van der Waals surface area contributed by atoms with Crippen LogP contribution in [0.15, 0.2) is 18.2 Å². The maximum absolute atomic E-state index is 11.5. The number of amides is 2. The highest BCUT2D eigenvalue weighted by atomic mass is 16.6. The normalized spacial score (nSPS) is 13.9. The Balaban J connectivity index is 1.76. The van der Waals surface area contributed by atoms with Crippen LogP contribution in [0.1, 0.15) is 32.8 Å². The number of ether oxygens (including phenoxy) is 1. The van der Waals surface area contributed by atoms with Gasteiger partial charge in [0.15, 0.2) is 0 Å². The average Bonchev–Trinajstić information content (AvgIpc) is 2.41. The number of nitrogens with one attached hydrogen (secondary N) is 3. The third kappa shape index (κ3) is 4.95. The fraction of sp³-hybridized carbons (Fsp3) is 0.500. The van der Waals surface area contributed by atoms with Crippen molar-refractivity contribution >= 4 is 23.4 Å². The molecule has 1 aromatic carbocycles. The van der Waals surface area contributed by atoms with E-state index in [1.165, 1.54) is 0 Å². The van der Waals surface area contributed by atoms with Crippen molar-refractivity contribution in [3.8, 4) is 0 Å². The number of benzene rings is 1. The second-order valence-electron chi connectivity index (χ2n) is 6.28. The van der Waals surface area contributed by atoms with E-state index in [9.17, 15) is 9.59 Å². The zero-order valence-corrected chi connectivity index (χ0v) is 13.3. The molecule has 2 amide bonds. The minimum absolute atomic E-state index is 0.0646. The summed E-state index contributed by atoms with van der Waals surface area (Å²) in [5.74, 6) is 0.0646. The smallest absolute Gasteiger partial charge is 0.407 e. The van der Waals surface area contributed by atoms with E-state index in [1.807, 2.05) is 39.0 Å². The molecule has 1 aliphatic heterocycles. The molecule has 6 heteroatoms. The number of hydrogen-bond donors (Lipinski definition) is 3. The van der Waals surface area contributed by atoms with Gasteiger partial charge in [0.2, 0.25) is 5.91 Å². The molecule has 120 valence electrons. The predicted molar refractivity (Wildman–Crippen MR) is 86.1 cm³/mol. The summed E-state index contributed by atoms with van der Waals surface area (Å²) in [6, 6.07) is 5.84. The summed E-state index contributed by atoms with van der Waals surface area (Å²) in [6.45, 7) is 6.57. The number of fused-ring (bicyclic) bond motifs is 1. The fourth-order valence-corrected chi connectivity index (χ4v) is 2.18. The maximum Gasteiger partial charge on any atom is 0.407 e. The molecule has 0 radical (unpaired) electrons. The van der Waals surface area contributed by atoms with Crippen LogP contribution in [-0.2, 0) is 16.0 Å². The SMILES string of the molecule is CC(C)(C)OC(=O)NCCNc1ccc2c(c1)CCC(=O)N2. The Labute approximate surface area is 130 Å². The number of rotatable bonds is 4. The molecule has 0 aromatic heterocycles. The number of anilines is 2. The van der Waals surface area contributed by atoms with Gasteiger partial charge in [-0.1, -0.05) is 0 Å². The number of hydrogen-bond acceptors (Lipinski definition) is 4. The Morgan fingerprint density at radius 2 is 2.05 bits per heavy atom. The molecule has 1 aliphatic rings. The van der Waals surface area contributed by atoms with Crippen molar-refractivity contribution in [2.75, 3.05) is 23.7 Å². The highest BCUT2D eigenvalue weighted by Crippen LogP contribution is 2.25. The summed E-state index contributed by atoms with van der Waals surface area (Å²) in [5, 5.41) is 8.79. The van der Waals surface area contributed by atoms with E-state index in [2.05, 4.69) is 16.0 Å². The minimum atomic E-state index is -0.486. The first-order valence-electron chi connectivity index (χ1n) is 7.47. The minimum Gasteiger partial charge on any atom is -0.444 e. The summed E-state index contributed by atoms with van der Waals surface area (Å²) in [7, 11) is 0. The summed E-state index contributed by atoms with van der Waals surface area (Å²) in [5.41, 5.74) is 2.50. The second-order valence-corrected chi connectivity index (χ2v) is 6.28. The van der Waals surface area contributed by atoms with Gasteiger partial charge in [-0.3, -0.25) is 4.79 Å². The quantitative estimate of drug-likeness (QED) is 0.747. The van der Waals surface area contributed by atoms with Gasteiger partial charge in [-0.2, -0.15) is 0 Å². The Morgan fingerprint density at radius 1 is 1.27 bits per heavy atom. The van der Waals surface area contributed by atoms with E-state index in [1.54, 1.807) is 0 Å². The van der Waals surface area contributed by atoms with Crippen molar-refractivity contribution in [3.05, 3.63) is 23.8 Å². The predicted octanol–water partition coefficient (Wildman–Crippen LogP) is 2.51. The van der Waals surface area contributed by atoms with Crippen LogP contribution in [0.5, 0.6) is 0 Å². The van der Waals surface area contributed by atoms with Crippen LogP contribution in [0.2, 0.25) is 0 Å². The third-order valence-electron chi connectivity index (χ3n) is 3.12. The molecule has 22 heavy (non-hydrogen) atoms. The summed E-state index contributed by atoms with van der Waals surface area (Å²) >= 11 is 0. The van der Waals surface area contributed by atoms with Crippen LogP contribution in [-0.4, -0.2) is 30.7 Å². The van der Waals surface area contributed by atoms with Crippen molar-refractivity contribution in [3.63, 3.8) is 0 Å². The summed E-state index contributed by atoms with van der Waals surface area (Å²) in [4.78, 5) is 22.8. The van der Waals surface area contributed by atoms with Crippen molar-refractivity contribution in [1.29, 1.82) is 0 Å². The van der Waals surface area contributed by atoms with Gasteiger partial charge in [-0.05, 0) is 51.0 Å². The molecule has 1 aromatic rings. The molecule has 0 bridgehead atoms. The fourth-order valence-electron chi connectivity index (χ4n) is 2.18. The molecule has 6 nitrogen and oxygen atoms in total. The van der Waals surface area contributed by atoms with Crippen LogP contribution in [0.3, 0.4) is 0 Å². The monoisotopic (exact) mass is 305 g/mol. The van der Waals surface area contributed by atoms with Crippen LogP contribution in [0.25, 0.3) is 0 Å². The lowest BCUT2D eigenvalue weighted by molar-refractivity contribution is -0.116. The highest BCUT2D eigenvalue weighted by molar-refractivity contribution is 5.94. The van der Waals surface area contributed by atoms with E-state index in [0.717, 1.165) is 23.4 Å². The molecule has 0 saturated heterocycles. The first kappa shape index (κ1) is 16.1. The largest absolute Gasteiger partial charge is 0.444 e. The number of carbonyl (C=O) groups is 2. The van der Waals surface area contributed by atoms with Crippen LogP contribution in [0, 0.1) is 0 Å². The molecule has 0 unspecified atom stereocenters. The zero-order valence-electron chi connectivity index (χ0n) is 13.3. The van der Waals surface area contributed by atoms with Crippen molar-refractivity contribution < 1.29 is 14.3 Å². The molecule has 0 atom stereocenters. The lowest BCUT2D eigenvalue weighted by Gasteiger charge is -2.20. The standard InChI is InChI=1S/C16H23N3O3/c1-16(2,3)22-15(21)18-9-8-17-12-5-6-13-11(10-12)4-7-14(20)19-13/h5-6,10,17H,4,7-9H2,1-3H3,(H,18,21)(H,19,20). The Hall–Kier alpha value is -2.24. The van der Waals surface area contributed by atoms with Crippen LogP contribution >= 0.6 is 0 Å². The highest BCUT2D eigenvalue weighted by Gasteiger charge is 2.16. The number of carbonyl (C=O) groups excluding carboxylic acids is 2. The van der Waals surface area contributed by atoms with Gasteiger partial charge in [0, 0.05) is 30.9 Å². The molecule has 0 aliphatic carbocycles. The summed E-state index contributed by atoms with van der Waals surface area (Å²) in [6.07, 6.45) is 0.867. The van der Waals surface area contributed by atoms with Gasteiger partial charge < -0.3 is 20.7 Å². The van der Waals surface area contributed by atoms with Crippen molar-refractivity contribution in [2.45, 2.75) is 39.2 Å². The molecule has 0 saturated carbocycles. The average molecular weight is 305 g/mol. The number of alkyl carbamates (subject to hydrolysis) is 1. The van der Waals surface area contributed by atoms with Crippen LogP contribution < -0.4 is 16.0 Å². The molecule has 2 rings (SSSR count).